The van der Waals surface area contributed by atoms with Crippen LogP contribution in [0.15, 0.2) is 10.3 Å². The predicted octanol–water partition coefficient (Wildman–Crippen LogP) is 1.38. The maximum atomic E-state index is 10.6. The number of hydrogen-bond donors (Lipinski definition) is 0. The smallest absolute Gasteiger partial charge is 0.207 e. The maximum Gasteiger partial charge on any atom is 0.264 e. The molecule has 0 radical (unpaired) electrons. The summed E-state index contributed by atoms with van der Waals surface area (Å²) in [4.78, 5) is 0.110. The molecule has 0 aliphatic heterocycles. The van der Waals surface area contributed by atoms with E-state index in [0.29, 0.717) is 5.69 Å². The van der Waals surface area contributed by atoms with Crippen molar-refractivity contribution >= 4 is 31.3 Å². The normalized spacial score (nSPS) is 11.8. The van der Waals surface area contributed by atoms with Crippen LogP contribution >= 0.6 is 22.2 Å². The number of halogens is 1. The summed E-state index contributed by atoms with van der Waals surface area (Å²) in [5.41, 5.74) is 0.458. The lowest BCUT2D eigenvalue weighted by Gasteiger charge is -1.88. The molecule has 0 unspecified atom stereocenters. The lowest BCUT2D eigenvalue weighted by Crippen LogP contribution is -1.89. The predicted molar refractivity (Wildman–Crippen MR) is 39.9 cm³/mol. The quantitative estimate of drug-likeness (QED) is 0.639. The van der Waals surface area contributed by atoms with E-state index in [9.17, 15) is 8.42 Å². The highest BCUT2D eigenvalue weighted by molar-refractivity contribution is 8.13. The van der Waals surface area contributed by atoms with Crippen molar-refractivity contribution in [3.63, 3.8) is 0 Å². The van der Waals surface area contributed by atoms with Gasteiger partial charge in [-0.3, -0.25) is 0 Å². The van der Waals surface area contributed by atoms with Crippen LogP contribution in [-0.4, -0.2) is 12.8 Å². The maximum absolute atomic E-state index is 10.6. The molecule has 0 saturated heterocycles. The fourth-order valence-corrected chi connectivity index (χ4v) is 2.80. The molecule has 0 spiro atoms. The lowest BCUT2D eigenvalue weighted by atomic mass is 10.5. The minimum atomic E-state index is -3.57. The summed E-state index contributed by atoms with van der Waals surface area (Å²) in [6.45, 7) is 1.60. The molecule has 0 aromatic carbocycles. The van der Waals surface area contributed by atoms with E-state index in [1.165, 1.54) is 5.38 Å². The van der Waals surface area contributed by atoms with Crippen molar-refractivity contribution in [1.29, 1.82) is 0 Å². The fraction of sp³-hybridized carbons (Fsp3) is 0.250. The van der Waals surface area contributed by atoms with Crippen LogP contribution in [0.3, 0.4) is 0 Å². The summed E-state index contributed by atoms with van der Waals surface area (Å²) in [6, 6.07) is 0. The van der Waals surface area contributed by atoms with Gasteiger partial charge in [0.15, 0.2) is 0 Å². The lowest BCUT2D eigenvalue weighted by molar-refractivity contribution is 0.609. The standard InChI is InChI=1S/C4H4ClNO2S2/c1-3-4(2-9-6-3)10(5,7)8/h2H,1H3. The van der Waals surface area contributed by atoms with Gasteiger partial charge in [0.25, 0.3) is 9.05 Å². The van der Waals surface area contributed by atoms with Crippen molar-refractivity contribution < 1.29 is 8.42 Å². The second kappa shape index (κ2) is 2.48. The SMILES string of the molecule is Cc1nscc1S(=O)(=O)Cl. The van der Waals surface area contributed by atoms with Crippen molar-refractivity contribution in [3.05, 3.63) is 11.1 Å². The third kappa shape index (κ3) is 1.47. The topological polar surface area (TPSA) is 47.0 Å². The van der Waals surface area contributed by atoms with E-state index in [-0.39, 0.29) is 4.90 Å². The first-order valence-electron chi connectivity index (χ1n) is 2.37. The number of rotatable bonds is 1. The fourth-order valence-electron chi connectivity index (χ4n) is 0.517. The zero-order valence-electron chi connectivity index (χ0n) is 5.04. The monoisotopic (exact) mass is 197 g/mol. The van der Waals surface area contributed by atoms with E-state index in [1.54, 1.807) is 6.92 Å². The van der Waals surface area contributed by atoms with E-state index in [0.717, 1.165) is 11.5 Å². The minimum absolute atomic E-state index is 0.110. The second-order valence-corrected chi connectivity index (χ2v) is 4.87. The number of hydrogen-bond acceptors (Lipinski definition) is 4. The highest BCUT2D eigenvalue weighted by atomic mass is 35.7. The molecule has 3 nitrogen and oxygen atoms in total. The van der Waals surface area contributed by atoms with Gasteiger partial charge in [0, 0.05) is 16.1 Å². The van der Waals surface area contributed by atoms with Gasteiger partial charge in [0.1, 0.15) is 4.90 Å². The van der Waals surface area contributed by atoms with Crippen molar-refractivity contribution in [3.8, 4) is 0 Å². The van der Waals surface area contributed by atoms with E-state index in [1.807, 2.05) is 0 Å². The Labute approximate surface area is 67.2 Å². The van der Waals surface area contributed by atoms with Crippen LogP contribution in [0, 0.1) is 6.92 Å². The zero-order valence-corrected chi connectivity index (χ0v) is 7.42. The summed E-state index contributed by atoms with van der Waals surface area (Å²) in [7, 11) is 1.47. The summed E-state index contributed by atoms with van der Waals surface area (Å²) in [5, 5.41) is 1.41. The van der Waals surface area contributed by atoms with Crippen LogP contribution in [0.2, 0.25) is 0 Å². The van der Waals surface area contributed by atoms with Gasteiger partial charge in [-0.1, -0.05) is 0 Å². The van der Waals surface area contributed by atoms with Gasteiger partial charge in [0.2, 0.25) is 0 Å². The Morgan fingerprint density at radius 1 is 1.70 bits per heavy atom. The molecule has 0 amide bonds. The molecule has 1 aromatic heterocycles. The molecule has 0 aliphatic rings. The molecular formula is C4H4ClNO2S2. The van der Waals surface area contributed by atoms with Crippen LogP contribution in [0.5, 0.6) is 0 Å². The summed E-state index contributed by atoms with van der Waals surface area (Å²) in [5.74, 6) is 0. The zero-order chi connectivity index (χ0) is 7.78. The third-order valence-electron chi connectivity index (χ3n) is 0.969. The highest BCUT2D eigenvalue weighted by Crippen LogP contribution is 2.19. The molecule has 0 atom stereocenters. The number of nitrogens with zero attached hydrogens (tertiary/aromatic N) is 1. The second-order valence-electron chi connectivity index (χ2n) is 1.70. The van der Waals surface area contributed by atoms with E-state index in [4.69, 9.17) is 10.7 Å². The molecule has 10 heavy (non-hydrogen) atoms. The molecule has 6 heteroatoms. The molecule has 0 fully saturated rings. The third-order valence-corrected chi connectivity index (χ3v) is 3.28. The Bertz CT molecular complexity index is 329. The average molecular weight is 198 g/mol. The van der Waals surface area contributed by atoms with Gasteiger partial charge >= 0.3 is 0 Å². The van der Waals surface area contributed by atoms with E-state index in [2.05, 4.69) is 4.37 Å². The van der Waals surface area contributed by atoms with Gasteiger partial charge in [-0.25, -0.2) is 8.42 Å². The molecule has 1 heterocycles. The first kappa shape index (κ1) is 7.97. The number of aromatic nitrogens is 1. The van der Waals surface area contributed by atoms with Crippen LogP contribution in [0.25, 0.3) is 0 Å². The van der Waals surface area contributed by atoms with Crippen molar-refractivity contribution in [2.24, 2.45) is 0 Å². The molecule has 1 rings (SSSR count). The first-order valence-corrected chi connectivity index (χ1v) is 5.52. The average Bonchev–Trinajstić information content (AvgIpc) is 2.11. The molecular weight excluding hydrogens is 194 g/mol. The van der Waals surface area contributed by atoms with Crippen LogP contribution < -0.4 is 0 Å². The van der Waals surface area contributed by atoms with Crippen molar-refractivity contribution in [2.75, 3.05) is 0 Å². The Balaban J connectivity index is 3.32. The Hall–Kier alpha value is -0.130. The summed E-state index contributed by atoms with van der Waals surface area (Å²) < 4.78 is 25.1. The van der Waals surface area contributed by atoms with Gasteiger partial charge in [0.05, 0.1) is 5.69 Å². The molecule has 0 bridgehead atoms. The van der Waals surface area contributed by atoms with Gasteiger partial charge in [-0.05, 0) is 18.5 Å². The van der Waals surface area contributed by atoms with Crippen LogP contribution in [0.1, 0.15) is 5.69 Å². The van der Waals surface area contributed by atoms with Crippen molar-refractivity contribution in [1.82, 2.24) is 4.37 Å². The minimum Gasteiger partial charge on any atom is -0.207 e. The molecule has 56 valence electrons. The largest absolute Gasteiger partial charge is 0.264 e. The van der Waals surface area contributed by atoms with Crippen molar-refractivity contribution in [2.45, 2.75) is 11.8 Å². The van der Waals surface area contributed by atoms with E-state index >= 15 is 0 Å². The molecule has 0 N–H and O–H groups in total. The molecule has 0 saturated carbocycles. The van der Waals surface area contributed by atoms with Gasteiger partial charge < -0.3 is 0 Å². The van der Waals surface area contributed by atoms with Gasteiger partial charge in [-0.2, -0.15) is 4.37 Å². The molecule has 0 aliphatic carbocycles. The Morgan fingerprint density at radius 3 is 2.50 bits per heavy atom. The van der Waals surface area contributed by atoms with Crippen LogP contribution in [0.4, 0.5) is 0 Å². The number of aryl methyl sites for hydroxylation is 1. The summed E-state index contributed by atoms with van der Waals surface area (Å²) >= 11 is 1.08. The first-order chi connectivity index (χ1) is 4.52. The Morgan fingerprint density at radius 2 is 2.30 bits per heavy atom. The van der Waals surface area contributed by atoms with Crippen LogP contribution in [-0.2, 0) is 9.05 Å². The Kier molecular flexibility index (Phi) is 1.98. The summed E-state index contributed by atoms with van der Waals surface area (Å²) in [6.07, 6.45) is 0. The van der Waals surface area contributed by atoms with E-state index < -0.39 is 9.05 Å². The van der Waals surface area contributed by atoms with Gasteiger partial charge in [-0.15, -0.1) is 0 Å². The molecule has 1 aromatic rings. The highest BCUT2D eigenvalue weighted by Gasteiger charge is 2.14.